The van der Waals surface area contributed by atoms with Crippen molar-refractivity contribution in [2.24, 2.45) is 5.73 Å². The van der Waals surface area contributed by atoms with Crippen LogP contribution in [0.5, 0.6) is 0 Å². The number of nitrogens with two attached hydrogens (primary N) is 1. The van der Waals surface area contributed by atoms with Gasteiger partial charge in [0.1, 0.15) is 0 Å². The molecule has 0 spiro atoms. The summed E-state index contributed by atoms with van der Waals surface area (Å²) in [5.74, 6) is 1.02. The van der Waals surface area contributed by atoms with Gasteiger partial charge < -0.3 is 10.3 Å². The zero-order valence-corrected chi connectivity index (χ0v) is 10.8. The third-order valence-corrected chi connectivity index (χ3v) is 3.65. The number of aromatic nitrogens is 2. The predicted molar refractivity (Wildman–Crippen MR) is 67.1 cm³/mol. The van der Waals surface area contributed by atoms with Gasteiger partial charge in [-0.05, 0) is 28.4 Å². The van der Waals surface area contributed by atoms with Crippen LogP contribution in [0.4, 0.5) is 0 Å². The fraction of sp³-hybridized carbons (Fsp3) is 0.200. The second-order valence-electron chi connectivity index (χ2n) is 3.22. The Morgan fingerprint density at radius 2 is 2.50 bits per heavy atom. The van der Waals surface area contributed by atoms with Crippen LogP contribution in [0.3, 0.4) is 0 Å². The lowest BCUT2D eigenvalue weighted by molar-refractivity contribution is 0.356. The van der Waals surface area contributed by atoms with Crippen LogP contribution in [-0.2, 0) is 0 Å². The monoisotopic (exact) mass is 299 g/mol. The molecule has 0 radical (unpaired) electrons. The molecule has 6 heteroatoms. The molecule has 16 heavy (non-hydrogen) atoms. The SMILES string of the molecule is C=CCC(N)c1nc(-c2cc(Br)cs2)no1. The summed E-state index contributed by atoms with van der Waals surface area (Å²) in [4.78, 5) is 5.20. The van der Waals surface area contributed by atoms with Gasteiger partial charge in [0.2, 0.25) is 11.7 Å². The lowest BCUT2D eigenvalue weighted by atomic mass is 10.2. The van der Waals surface area contributed by atoms with Crippen molar-refractivity contribution >= 4 is 27.3 Å². The minimum Gasteiger partial charge on any atom is -0.337 e. The number of rotatable bonds is 4. The predicted octanol–water partition coefficient (Wildman–Crippen LogP) is 3.14. The molecular formula is C10H10BrN3OS. The fourth-order valence-electron chi connectivity index (χ4n) is 1.20. The first-order valence-electron chi connectivity index (χ1n) is 4.65. The largest absolute Gasteiger partial charge is 0.337 e. The Morgan fingerprint density at radius 3 is 3.12 bits per heavy atom. The summed E-state index contributed by atoms with van der Waals surface area (Å²) in [5, 5.41) is 5.86. The van der Waals surface area contributed by atoms with E-state index in [0.29, 0.717) is 18.1 Å². The molecule has 0 saturated heterocycles. The third-order valence-electron chi connectivity index (χ3n) is 1.97. The Bertz CT molecular complexity index is 494. The molecule has 2 aromatic rings. The van der Waals surface area contributed by atoms with E-state index in [4.69, 9.17) is 10.3 Å². The number of thiophene rings is 1. The van der Waals surface area contributed by atoms with Crippen LogP contribution in [0.2, 0.25) is 0 Å². The van der Waals surface area contributed by atoms with E-state index in [1.54, 1.807) is 17.4 Å². The fourth-order valence-corrected chi connectivity index (χ4v) is 2.55. The van der Waals surface area contributed by atoms with E-state index in [0.717, 1.165) is 9.35 Å². The Labute approximate surface area is 105 Å². The van der Waals surface area contributed by atoms with Crippen molar-refractivity contribution < 1.29 is 4.52 Å². The number of halogens is 1. The molecule has 2 heterocycles. The summed E-state index contributed by atoms with van der Waals surface area (Å²) in [6, 6.07) is 1.67. The van der Waals surface area contributed by atoms with Crippen molar-refractivity contribution in [3.05, 3.63) is 34.5 Å². The lowest BCUT2D eigenvalue weighted by Gasteiger charge is -1.99. The van der Waals surface area contributed by atoms with Gasteiger partial charge >= 0.3 is 0 Å². The second-order valence-corrected chi connectivity index (χ2v) is 5.04. The lowest BCUT2D eigenvalue weighted by Crippen LogP contribution is -2.09. The first-order valence-corrected chi connectivity index (χ1v) is 6.32. The van der Waals surface area contributed by atoms with E-state index in [1.807, 2.05) is 11.4 Å². The molecule has 0 aliphatic carbocycles. The molecule has 0 fully saturated rings. The van der Waals surface area contributed by atoms with E-state index in [2.05, 4.69) is 32.6 Å². The minimum absolute atomic E-state index is 0.276. The van der Waals surface area contributed by atoms with Gasteiger partial charge in [0, 0.05) is 9.85 Å². The number of hydrogen-bond acceptors (Lipinski definition) is 5. The normalized spacial score (nSPS) is 12.6. The molecule has 4 nitrogen and oxygen atoms in total. The Morgan fingerprint density at radius 1 is 1.69 bits per heavy atom. The summed E-state index contributed by atoms with van der Waals surface area (Å²) in [6.07, 6.45) is 2.35. The number of hydrogen-bond donors (Lipinski definition) is 1. The number of nitrogens with zero attached hydrogens (tertiary/aromatic N) is 2. The van der Waals surface area contributed by atoms with Crippen molar-refractivity contribution in [1.82, 2.24) is 10.1 Å². The molecule has 1 atom stereocenters. The van der Waals surface area contributed by atoms with E-state index < -0.39 is 0 Å². The van der Waals surface area contributed by atoms with Gasteiger partial charge in [-0.3, -0.25) is 0 Å². The molecule has 0 aromatic carbocycles. The van der Waals surface area contributed by atoms with E-state index in [1.165, 1.54) is 0 Å². The quantitative estimate of drug-likeness (QED) is 0.881. The standard InChI is InChI=1S/C10H10BrN3OS/c1-2-3-7(12)10-13-9(14-15-10)8-4-6(11)5-16-8/h2,4-5,7H,1,3,12H2. The van der Waals surface area contributed by atoms with Crippen LogP contribution >= 0.6 is 27.3 Å². The topological polar surface area (TPSA) is 64.9 Å². The van der Waals surface area contributed by atoms with Crippen LogP contribution in [0.25, 0.3) is 10.7 Å². The van der Waals surface area contributed by atoms with Gasteiger partial charge in [0.15, 0.2) is 0 Å². The third kappa shape index (κ3) is 2.40. The van der Waals surface area contributed by atoms with Gasteiger partial charge in [-0.2, -0.15) is 4.98 Å². The summed E-state index contributed by atoms with van der Waals surface area (Å²) in [6.45, 7) is 3.62. The van der Waals surface area contributed by atoms with E-state index in [9.17, 15) is 0 Å². The average Bonchev–Trinajstić information content (AvgIpc) is 2.85. The van der Waals surface area contributed by atoms with Crippen LogP contribution in [0.1, 0.15) is 18.4 Å². The molecule has 1 unspecified atom stereocenters. The van der Waals surface area contributed by atoms with E-state index in [-0.39, 0.29) is 6.04 Å². The van der Waals surface area contributed by atoms with Gasteiger partial charge in [-0.15, -0.1) is 17.9 Å². The van der Waals surface area contributed by atoms with Gasteiger partial charge in [-0.25, -0.2) is 0 Å². The van der Waals surface area contributed by atoms with Crippen LogP contribution < -0.4 is 5.73 Å². The van der Waals surface area contributed by atoms with Gasteiger partial charge in [0.05, 0.1) is 10.9 Å². The molecular weight excluding hydrogens is 290 g/mol. The molecule has 2 rings (SSSR count). The highest BCUT2D eigenvalue weighted by Gasteiger charge is 2.15. The zero-order valence-electron chi connectivity index (χ0n) is 8.39. The van der Waals surface area contributed by atoms with Crippen molar-refractivity contribution in [2.45, 2.75) is 12.5 Å². The molecule has 0 amide bonds. The maximum absolute atomic E-state index is 5.83. The summed E-state index contributed by atoms with van der Waals surface area (Å²) in [5.41, 5.74) is 5.83. The molecule has 0 aliphatic heterocycles. The summed E-state index contributed by atoms with van der Waals surface area (Å²) in [7, 11) is 0. The van der Waals surface area contributed by atoms with Crippen LogP contribution in [0.15, 0.2) is 33.1 Å². The highest BCUT2D eigenvalue weighted by atomic mass is 79.9. The zero-order chi connectivity index (χ0) is 11.5. The summed E-state index contributed by atoms with van der Waals surface area (Å²) < 4.78 is 6.11. The maximum atomic E-state index is 5.83. The van der Waals surface area contributed by atoms with Crippen molar-refractivity contribution in [1.29, 1.82) is 0 Å². The first kappa shape index (κ1) is 11.5. The van der Waals surface area contributed by atoms with Crippen LogP contribution in [0, 0.1) is 0 Å². The Hall–Kier alpha value is -0.980. The minimum atomic E-state index is -0.276. The van der Waals surface area contributed by atoms with Crippen molar-refractivity contribution in [3.8, 4) is 10.7 Å². The molecule has 2 aromatic heterocycles. The summed E-state index contributed by atoms with van der Waals surface area (Å²) >= 11 is 4.92. The molecule has 0 saturated carbocycles. The molecule has 84 valence electrons. The second kappa shape index (κ2) is 4.90. The van der Waals surface area contributed by atoms with Crippen LogP contribution in [-0.4, -0.2) is 10.1 Å². The molecule has 0 bridgehead atoms. The Kier molecular flexibility index (Phi) is 3.52. The van der Waals surface area contributed by atoms with Gasteiger partial charge in [-0.1, -0.05) is 11.2 Å². The first-order chi connectivity index (χ1) is 7.70. The smallest absolute Gasteiger partial charge is 0.244 e. The average molecular weight is 300 g/mol. The molecule has 2 N–H and O–H groups in total. The van der Waals surface area contributed by atoms with E-state index >= 15 is 0 Å². The molecule has 0 aliphatic rings. The highest BCUT2D eigenvalue weighted by molar-refractivity contribution is 9.10. The van der Waals surface area contributed by atoms with Crippen molar-refractivity contribution in [3.63, 3.8) is 0 Å². The Balaban J connectivity index is 2.22. The highest BCUT2D eigenvalue weighted by Crippen LogP contribution is 2.28. The van der Waals surface area contributed by atoms with Gasteiger partial charge in [0.25, 0.3) is 0 Å². The van der Waals surface area contributed by atoms with Crippen molar-refractivity contribution in [2.75, 3.05) is 0 Å². The maximum Gasteiger partial charge on any atom is 0.244 e.